The molecular formula is C17H16BrNO4. The summed E-state index contributed by atoms with van der Waals surface area (Å²) < 4.78 is 11.0. The van der Waals surface area contributed by atoms with E-state index in [-0.39, 0.29) is 19.2 Å². The average molecular weight is 378 g/mol. The summed E-state index contributed by atoms with van der Waals surface area (Å²) in [6.07, 6.45) is 1.65. The Morgan fingerprint density at radius 2 is 2.00 bits per heavy atom. The third-order valence-electron chi connectivity index (χ3n) is 2.95. The van der Waals surface area contributed by atoms with Crippen LogP contribution in [-0.2, 0) is 4.79 Å². The lowest BCUT2D eigenvalue weighted by Gasteiger charge is -2.10. The second-order valence-corrected chi connectivity index (χ2v) is 5.53. The molecule has 0 saturated carbocycles. The van der Waals surface area contributed by atoms with Gasteiger partial charge < -0.3 is 14.6 Å². The van der Waals surface area contributed by atoms with E-state index in [1.165, 1.54) is 6.92 Å². The summed E-state index contributed by atoms with van der Waals surface area (Å²) in [5.74, 6) is 0.546. The molecule has 0 saturated heterocycles. The van der Waals surface area contributed by atoms with Crippen molar-refractivity contribution >= 4 is 27.5 Å². The molecule has 0 bridgehead atoms. The number of rotatable bonds is 6. The Morgan fingerprint density at radius 1 is 1.30 bits per heavy atom. The van der Waals surface area contributed by atoms with E-state index in [0.717, 1.165) is 16.7 Å². The zero-order chi connectivity index (χ0) is 16.8. The Balaban J connectivity index is 2.16. The first kappa shape index (κ1) is 17.2. The number of hydrogen-bond acceptors (Lipinski definition) is 5. The molecule has 120 valence electrons. The Morgan fingerprint density at radius 3 is 2.57 bits per heavy atom. The summed E-state index contributed by atoms with van der Waals surface area (Å²) in [6.45, 7) is 5.54. The monoisotopic (exact) mass is 377 g/mol. The van der Waals surface area contributed by atoms with Gasteiger partial charge in [0, 0.05) is 18.7 Å². The van der Waals surface area contributed by atoms with Gasteiger partial charge in [0.2, 0.25) is 5.88 Å². The smallest absolute Gasteiger partial charge is 0.308 e. The normalized spacial score (nSPS) is 10.2. The Bertz CT molecular complexity index is 713. The number of esters is 1. The van der Waals surface area contributed by atoms with Crippen molar-refractivity contribution < 1.29 is 19.4 Å². The molecule has 2 rings (SSSR count). The maximum absolute atomic E-state index is 10.9. The van der Waals surface area contributed by atoms with E-state index in [0.29, 0.717) is 16.1 Å². The molecule has 0 amide bonds. The molecule has 0 aliphatic carbocycles. The van der Waals surface area contributed by atoms with Crippen LogP contribution in [0.2, 0.25) is 0 Å². The molecule has 23 heavy (non-hydrogen) atoms. The fraction of sp³-hybridized carbons (Fsp3) is 0.176. The second kappa shape index (κ2) is 7.89. The molecule has 0 aliphatic heterocycles. The number of ether oxygens (including phenoxy) is 2. The number of hydrogen-bond donors (Lipinski definition) is 1. The highest BCUT2D eigenvalue weighted by molar-refractivity contribution is 9.10. The molecule has 1 N–H and O–H groups in total. The maximum atomic E-state index is 10.9. The summed E-state index contributed by atoms with van der Waals surface area (Å²) >= 11 is 3.39. The van der Waals surface area contributed by atoms with E-state index in [1.54, 1.807) is 18.3 Å². The van der Waals surface area contributed by atoms with Gasteiger partial charge in [0.05, 0.1) is 11.1 Å². The highest BCUT2D eigenvalue weighted by Gasteiger charge is 2.09. The van der Waals surface area contributed by atoms with Gasteiger partial charge in [-0.05, 0) is 45.3 Å². The Labute approximate surface area is 142 Å². The lowest BCUT2D eigenvalue weighted by atomic mass is 10.0. The predicted octanol–water partition coefficient (Wildman–Crippen LogP) is 3.20. The number of benzene rings is 1. The highest BCUT2D eigenvalue weighted by Crippen LogP contribution is 2.29. The quantitative estimate of drug-likeness (QED) is 0.618. The minimum Gasteiger partial charge on any atom is -0.474 e. The van der Waals surface area contributed by atoms with Gasteiger partial charge in [0.25, 0.3) is 0 Å². The minimum absolute atomic E-state index is 0.0722. The van der Waals surface area contributed by atoms with Crippen LogP contribution in [0.5, 0.6) is 11.6 Å². The number of nitrogens with zero attached hydrogens (tertiary/aromatic N) is 1. The van der Waals surface area contributed by atoms with Gasteiger partial charge in [-0.25, -0.2) is 4.98 Å². The van der Waals surface area contributed by atoms with Crippen molar-refractivity contribution in [2.75, 3.05) is 13.2 Å². The first-order valence-electron chi connectivity index (χ1n) is 6.88. The van der Waals surface area contributed by atoms with Gasteiger partial charge in [-0.2, -0.15) is 0 Å². The molecule has 6 heteroatoms. The number of aliphatic hydroxyl groups is 1. The van der Waals surface area contributed by atoms with Crippen LogP contribution in [0.25, 0.3) is 5.57 Å². The third-order valence-corrected chi connectivity index (χ3v) is 3.52. The van der Waals surface area contributed by atoms with Gasteiger partial charge in [-0.15, -0.1) is 0 Å². The topological polar surface area (TPSA) is 68.7 Å². The van der Waals surface area contributed by atoms with Crippen molar-refractivity contribution in [3.05, 3.63) is 58.7 Å². The van der Waals surface area contributed by atoms with Gasteiger partial charge in [-0.3, -0.25) is 4.79 Å². The fourth-order valence-electron chi connectivity index (χ4n) is 1.90. The lowest BCUT2D eigenvalue weighted by molar-refractivity contribution is -0.131. The van der Waals surface area contributed by atoms with Crippen LogP contribution in [-0.4, -0.2) is 29.3 Å². The molecule has 5 nitrogen and oxygen atoms in total. The number of halogens is 1. The molecule has 1 aromatic heterocycles. The van der Waals surface area contributed by atoms with E-state index in [1.807, 2.05) is 18.2 Å². The van der Waals surface area contributed by atoms with Crippen molar-refractivity contribution in [2.45, 2.75) is 6.92 Å². The minimum atomic E-state index is -0.358. The van der Waals surface area contributed by atoms with Gasteiger partial charge >= 0.3 is 5.97 Å². The van der Waals surface area contributed by atoms with Crippen LogP contribution in [0.15, 0.2) is 47.6 Å². The molecule has 0 atom stereocenters. The zero-order valence-electron chi connectivity index (χ0n) is 12.6. The molecule has 0 fully saturated rings. The molecule has 0 aliphatic rings. The van der Waals surface area contributed by atoms with Crippen molar-refractivity contribution in [3.63, 3.8) is 0 Å². The number of carbonyl (C=O) groups is 1. The predicted molar refractivity (Wildman–Crippen MR) is 90.4 cm³/mol. The van der Waals surface area contributed by atoms with Crippen LogP contribution in [0.4, 0.5) is 0 Å². The van der Waals surface area contributed by atoms with E-state index < -0.39 is 0 Å². The summed E-state index contributed by atoms with van der Waals surface area (Å²) in [6, 6.07) is 8.92. The van der Waals surface area contributed by atoms with Crippen LogP contribution >= 0.6 is 15.9 Å². The molecule has 1 heterocycles. The molecular weight excluding hydrogens is 362 g/mol. The van der Waals surface area contributed by atoms with Crippen LogP contribution < -0.4 is 9.47 Å². The first-order chi connectivity index (χ1) is 11.0. The molecule has 0 radical (unpaired) electrons. The Kier molecular flexibility index (Phi) is 5.90. The third kappa shape index (κ3) is 4.64. The SMILES string of the molecule is C=C(c1ccc(OC(C)=O)cc1)c1cnc(OCCO)c(Br)c1. The average Bonchev–Trinajstić information content (AvgIpc) is 2.53. The van der Waals surface area contributed by atoms with Crippen molar-refractivity contribution in [1.29, 1.82) is 0 Å². The van der Waals surface area contributed by atoms with E-state index in [9.17, 15) is 4.79 Å². The summed E-state index contributed by atoms with van der Waals surface area (Å²) in [5.41, 5.74) is 2.49. The van der Waals surface area contributed by atoms with Gasteiger partial charge in [0.15, 0.2) is 0 Å². The van der Waals surface area contributed by atoms with Crippen LogP contribution in [0, 0.1) is 0 Å². The van der Waals surface area contributed by atoms with Gasteiger partial charge in [-0.1, -0.05) is 18.7 Å². The van der Waals surface area contributed by atoms with Crippen molar-refractivity contribution in [3.8, 4) is 11.6 Å². The van der Waals surface area contributed by atoms with E-state index in [4.69, 9.17) is 14.6 Å². The summed E-state index contributed by atoms with van der Waals surface area (Å²) in [5, 5.41) is 8.77. The highest BCUT2D eigenvalue weighted by atomic mass is 79.9. The molecule has 0 unspecified atom stereocenters. The van der Waals surface area contributed by atoms with Crippen molar-refractivity contribution in [2.24, 2.45) is 0 Å². The standard InChI is InChI=1S/C17H16BrNO4/c1-11(13-3-5-15(6-4-13)23-12(2)21)14-9-16(18)17(19-10-14)22-8-7-20/h3-6,9-10,20H,1,7-8H2,2H3. The first-order valence-corrected chi connectivity index (χ1v) is 7.68. The van der Waals surface area contributed by atoms with Crippen LogP contribution in [0.3, 0.4) is 0 Å². The second-order valence-electron chi connectivity index (χ2n) is 4.68. The molecule has 1 aromatic carbocycles. The molecule has 0 spiro atoms. The fourth-order valence-corrected chi connectivity index (χ4v) is 2.36. The van der Waals surface area contributed by atoms with Gasteiger partial charge in [0.1, 0.15) is 12.4 Å². The Hall–Kier alpha value is -2.18. The summed E-state index contributed by atoms with van der Waals surface area (Å²) in [7, 11) is 0. The number of aromatic nitrogens is 1. The zero-order valence-corrected chi connectivity index (χ0v) is 14.2. The summed E-state index contributed by atoms with van der Waals surface area (Å²) in [4.78, 5) is 15.1. The van der Waals surface area contributed by atoms with Crippen molar-refractivity contribution in [1.82, 2.24) is 4.98 Å². The maximum Gasteiger partial charge on any atom is 0.308 e. The molecule has 2 aromatic rings. The number of pyridine rings is 1. The van der Waals surface area contributed by atoms with Crippen LogP contribution in [0.1, 0.15) is 18.1 Å². The lowest BCUT2D eigenvalue weighted by Crippen LogP contribution is -2.04. The van der Waals surface area contributed by atoms with E-state index >= 15 is 0 Å². The largest absolute Gasteiger partial charge is 0.474 e. The number of aliphatic hydroxyl groups excluding tert-OH is 1. The number of carbonyl (C=O) groups excluding carboxylic acids is 1. The van der Waals surface area contributed by atoms with E-state index in [2.05, 4.69) is 27.5 Å².